The number of para-hydroxylation sites is 1. The third-order valence-electron chi connectivity index (χ3n) is 2.01. The topological polar surface area (TPSA) is 64.3 Å². The molecular formula is C10H8O4S. The molecule has 0 radical (unpaired) electrons. The van der Waals surface area contributed by atoms with E-state index in [0.29, 0.717) is 11.0 Å². The standard InChI is InChI=1S/C10H8O4S/c1-15(12,13)9-6-7-4-2-3-5-8(7)14-10(9)11/h2-6H,1H3. The van der Waals surface area contributed by atoms with Crippen molar-refractivity contribution in [1.82, 2.24) is 0 Å². The van der Waals surface area contributed by atoms with Crippen molar-refractivity contribution >= 4 is 20.8 Å². The summed E-state index contributed by atoms with van der Waals surface area (Å²) in [6.07, 6.45) is 0.980. The van der Waals surface area contributed by atoms with Crippen LogP contribution >= 0.6 is 0 Å². The summed E-state index contributed by atoms with van der Waals surface area (Å²) >= 11 is 0. The van der Waals surface area contributed by atoms with Gasteiger partial charge in [-0.1, -0.05) is 18.2 Å². The Balaban J connectivity index is 2.91. The first-order valence-electron chi connectivity index (χ1n) is 4.21. The minimum atomic E-state index is -3.53. The zero-order chi connectivity index (χ0) is 11.1. The van der Waals surface area contributed by atoms with Crippen LogP contribution in [0.2, 0.25) is 0 Å². The largest absolute Gasteiger partial charge is 0.422 e. The van der Waals surface area contributed by atoms with Gasteiger partial charge in [-0.05, 0) is 12.1 Å². The second-order valence-corrected chi connectivity index (χ2v) is 5.19. The van der Waals surface area contributed by atoms with Gasteiger partial charge in [0.2, 0.25) is 0 Å². The van der Waals surface area contributed by atoms with E-state index in [1.54, 1.807) is 24.3 Å². The molecule has 0 N–H and O–H groups in total. The molecule has 0 aliphatic rings. The zero-order valence-electron chi connectivity index (χ0n) is 7.93. The molecule has 0 aliphatic heterocycles. The predicted molar refractivity (Wildman–Crippen MR) is 55.6 cm³/mol. The van der Waals surface area contributed by atoms with Crippen molar-refractivity contribution in [3.63, 3.8) is 0 Å². The Morgan fingerprint density at radius 1 is 1.20 bits per heavy atom. The van der Waals surface area contributed by atoms with Crippen LogP contribution in [0.4, 0.5) is 0 Å². The molecule has 15 heavy (non-hydrogen) atoms. The van der Waals surface area contributed by atoms with Crippen molar-refractivity contribution in [1.29, 1.82) is 0 Å². The number of fused-ring (bicyclic) bond motifs is 1. The summed E-state index contributed by atoms with van der Waals surface area (Å²) in [5.41, 5.74) is -0.439. The number of hydrogen-bond donors (Lipinski definition) is 0. The molecule has 0 atom stereocenters. The first-order chi connectivity index (χ1) is 6.98. The van der Waals surface area contributed by atoms with Crippen LogP contribution in [-0.4, -0.2) is 14.7 Å². The summed E-state index contributed by atoms with van der Waals surface area (Å²) in [7, 11) is -3.53. The Bertz CT molecular complexity index is 667. The first-order valence-corrected chi connectivity index (χ1v) is 6.10. The van der Waals surface area contributed by atoms with Crippen molar-refractivity contribution in [2.45, 2.75) is 4.90 Å². The molecule has 0 unspecified atom stereocenters. The molecule has 4 nitrogen and oxygen atoms in total. The molecule has 2 rings (SSSR count). The summed E-state index contributed by atoms with van der Waals surface area (Å²) in [6, 6.07) is 8.09. The second-order valence-electron chi connectivity index (χ2n) is 3.21. The van der Waals surface area contributed by atoms with Crippen LogP contribution in [0.1, 0.15) is 0 Å². The average Bonchev–Trinajstić information content (AvgIpc) is 2.15. The predicted octanol–water partition coefficient (Wildman–Crippen LogP) is 1.20. The fourth-order valence-electron chi connectivity index (χ4n) is 1.30. The highest BCUT2D eigenvalue weighted by Gasteiger charge is 2.14. The minimum absolute atomic E-state index is 0.304. The molecule has 0 saturated carbocycles. The summed E-state index contributed by atoms with van der Waals surface area (Å²) in [5.74, 6) is 0. The SMILES string of the molecule is CS(=O)(=O)c1cc2ccccc2oc1=O. The van der Waals surface area contributed by atoms with E-state index in [2.05, 4.69) is 0 Å². The van der Waals surface area contributed by atoms with Crippen LogP contribution in [-0.2, 0) is 9.84 Å². The van der Waals surface area contributed by atoms with Crippen molar-refractivity contribution in [3.8, 4) is 0 Å². The van der Waals surface area contributed by atoms with Gasteiger partial charge in [-0.25, -0.2) is 13.2 Å². The van der Waals surface area contributed by atoms with Crippen LogP contribution in [0.25, 0.3) is 11.0 Å². The molecule has 78 valence electrons. The van der Waals surface area contributed by atoms with E-state index < -0.39 is 15.5 Å². The summed E-state index contributed by atoms with van der Waals surface area (Å²) in [6.45, 7) is 0. The Labute approximate surface area is 86.1 Å². The first kappa shape index (κ1) is 9.92. The maximum atomic E-state index is 11.3. The molecule has 2 aromatic rings. The molecule has 0 fully saturated rings. The molecule has 1 aromatic heterocycles. The van der Waals surface area contributed by atoms with E-state index in [1.807, 2.05) is 0 Å². The normalized spacial score (nSPS) is 11.8. The molecule has 5 heteroatoms. The Hall–Kier alpha value is -1.62. The highest BCUT2D eigenvalue weighted by molar-refractivity contribution is 7.90. The van der Waals surface area contributed by atoms with Crippen LogP contribution in [0.3, 0.4) is 0 Å². The number of sulfone groups is 1. The quantitative estimate of drug-likeness (QED) is 0.683. The van der Waals surface area contributed by atoms with E-state index in [0.717, 1.165) is 6.26 Å². The summed E-state index contributed by atoms with van der Waals surface area (Å²) < 4.78 is 27.4. The molecule has 0 saturated heterocycles. The Morgan fingerprint density at radius 2 is 1.87 bits per heavy atom. The van der Waals surface area contributed by atoms with Gasteiger partial charge in [0.1, 0.15) is 5.58 Å². The van der Waals surface area contributed by atoms with Gasteiger partial charge in [0.15, 0.2) is 14.7 Å². The van der Waals surface area contributed by atoms with Gasteiger partial charge >= 0.3 is 5.63 Å². The average molecular weight is 224 g/mol. The van der Waals surface area contributed by atoms with Gasteiger partial charge in [-0.15, -0.1) is 0 Å². The summed E-state index contributed by atoms with van der Waals surface area (Å²) in [5, 5.41) is 0.595. The summed E-state index contributed by atoms with van der Waals surface area (Å²) in [4.78, 5) is 11.0. The molecule has 0 spiro atoms. The fraction of sp³-hybridized carbons (Fsp3) is 0.100. The maximum Gasteiger partial charge on any atom is 0.355 e. The molecule has 0 aliphatic carbocycles. The number of benzene rings is 1. The highest BCUT2D eigenvalue weighted by atomic mass is 32.2. The Kier molecular flexibility index (Phi) is 2.12. The van der Waals surface area contributed by atoms with Crippen molar-refractivity contribution < 1.29 is 12.8 Å². The lowest BCUT2D eigenvalue weighted by Gasteiger charge is -1.98. The van der Waals surface area contributed by atoms with E-state index in [-0.39, 0.29) is 4.90 Å². The van der Waals surface area contributed by atoms with Gasteiger partial charge in [0.05, 0.1) is 0 Å². The molecule has 0 amide bonds. The highest BCUT2D eigenvalue weighted by Crippen LogP contribution is 2.14. The lowest BCUT2D eigenvalue weighted by Crippen LogP contribution is -2.12. The van der Waals surface area contributed by atoms with Crippen LogP contribution < -0.4 is 5.63 Å². The smallest absolute Gasteiger partial charge is 0.355 e. The van der Waals surface area contributed by atoms with Crippen molar-refractivity contribution in [2.75, 3.05) is 6.26 Å². The van der Waals surface area contributed by atoms with E-state index >= 15 is 0 Å². The molecule has 0 bridgehead atoms. The van der Waals surface area contributed by atoms with Crippen LogP contribution in [0.15, 0.2) is 44.4 Å². The van der Waals surface area contributed by atoms with Crippen LogP contribution in [0, 0.1) is 0 Å². The number of rotatable bonds is 1. The third kappa shape index (κ3) is 1.78. The van der Waals surface area contributed by atoms with E-state index in [4.69, 9.17) is 4.42 Å². The molecule has 1 aromatic carbocycles. The van der Waals surface area contributed by atoms with Crippen LogP contribution in [0.5, 0.6) is 0 Å². The maximum absolute atomic E-state index is 11.3. The zero-order valence-corrected chi connectivity index (χ0v) is 8.74. The van der Waals surface area contributed by atoms with Gasteiger partial charge < -0.3 is 4.42 Å². The molecule has 1 heterocycles. The second kappa shape index (κ2) is 3.20. The molecular weight excluding hydrogens is 216 g/mol. The number of hydrogen-bond acceptors (Lipinski definition) is 4. The van der Waals surface area contributed by atoms with E-state index in [9.17, 15) is 13.2 Å². The van der Waals surface area contributed by atoms with Gasteiger partial charge in [0, 0.05) is 11.6 Å². The third-order valence-corrected chi connectivity index (χ3v) is 3.09. The fourth-order valence-corrected chi connectivity index (χ4v) is 1.99. The van der Waals surface area contributed by atoms with Crippen molar-refractivity contribution in [2.24, 2.45) is 0 Å². The van der Waals surface area contributed by atoms with Crippen molar-refractivity contribution in [3.05, 3.63) is 40.8 Å². The minimum Gasteiger partial charge on any atom is -0.422 e. The Morgan fingerprint density at radius 3 is 2.53 bits per heavy atom. The lowest BCUT2D eigenvalue weighted by atomic mass is 10.2. The van der Waals surface area contributed by atoms with E-state index in [1.165, 1.54) is 6.07 Å². The van der Waals surface area contributed by atoms with Gasteiger partial charge in [-0.3, -0.25) is 0 Å². The van der Waals surface area contributed by atoms with Gasteiger partial charge in [0.25, 0.3) is 0 Å². The van der Waals surface area contributed by atoms with Gasteiger partial charge in [-0.2, -0.15) is 0 Å². The lowest BCUT2D eigenvalue weighted by molar-refractivity contribution is 0.534. The monoisotopic (exact) mass is 224 g/mol.